The Bertz CT molecular complexity index is 523. The highest BCUT2D eigenvalue weighted by atomic mass is 19.1. The van der Waals surface area contributed by atoms with Gasteiger partial charge in [-0.2, -0.15) is 0 Å². The Morgan fingerprint density at radius 3 is 2.50 bits per heavy atom. The third-order valence-corrected chi connectivity index (χ3v) is 2.43. The lowest BCUT2D eigenvalue weighted by molar-refractivity contribution is 0.438. The summed E-state index contributed by atoms with van der Waals surface area (Å²) in [5.41, 5.74) is 6.06. The standard InChI is InChI=1S/C11H10F2N2O/c1-5-3-7(12)6(2)10(11(5)13)8-4-9(14)16-15-8/h3-4H,14H2,1-2H3. The van der Waals surface area contributed by atoms with E-state index in [0.717, 1.165) is 6.07 Å². The number of nitrogens with zero attached hydrogens (tertiary/aromatic N) is 1. The van der Waals surface area contributed by atoms with Crippen molar-refractivity contribution in [3.05, 3.63) is 34.9 Å². The maximum Gasteiger partial charge on any atom is 0.222 e. The number of rotatable bonds is 1. The van der Waals surface area contributed by atoms with Gasteiger partial charge in [-0.3, -0.25) is 0 Å². The number of hydrogen-bond donors (Lipinski definition) is 1. The SMILES string of the molecule is Cc1cc(F)c(C)c(-c2cc(N)on2)c1F. The fourth-order valence-electron chi connectivity index (χ4n) is 1.55. The number of nitrogen functional groups attached to an aromatic ring is 1. The Morgan fingerprint density at radius 1 is 1.25 bits per heavy atom. The summed E-state index contributed by atoms with van der Waals surface area (Å²) in [4.78, 5) is 0. The number of aromatic nitrogens is 1. The molecule has 0 atom stereocenters. The summed E-state index contributed by atoms with van der Waals surface area (Å²) >= 11 is 0. The quantitative estimate of drug-likeness (QED) is 0.810. The van der Waals surface area contributed by atoms with E-state index in [1.807, 2.05) is 0 Å². The van der Waals surface area contributed by atoms with Crippen LogP contribution in [0.25, 0.3) is 11.3 Å². The minimum Gasteiger partial charge on any atom is -0.368 e. The number of anilines is 1. The van der Waals surface area contributed by atoms with Gasteiger partial charge in [0.05, 0.1) is 0 Å². The van der Waals surface area contributed by atoms with Gasteiger partial charge in [-0.15, -0.1) is 0 Å². The Kier molecular flexibility index (Phi) is 2.38. The van der Waals surface area contributed by atoms with Gasteiger partial charge in [0.25, 0.3) is 0 Å². The summed E-state index contributed by atoms with van der Waals surface area (Å²) in [7, 11) is 0. The number of nitrogens with two attached hydrogens (primary N) is 1. The van der Waals surface area contributed by atoms with Crippen molar-refractivity contribution in [1.82, 2.24) is 5.16 Å². The first kappa shape index (κ1) is 10.6. The lowest BCUT2D eigenvalue weighted by Crippen LogP contribution is -1.96. The number of halogens is 2. The molecule has 3 nitrogen and oxygen atoms in total. The second-order valence-electron chi connectivity index (χ2n) is 3.60. The zero-order chi connectivity index (χ0) is 11.9. The zero-order valence-electron chi connectivity index (χ0n) is 8.84. The molecule has 0 saturated carbocycles. The monoisotopic (exact) mass is 224 g/mol. The van der Waals surface area contributed by atoms with Crippen LogP contribution in [0.15, 0.2) is 16.7 Å². The number of aryl methyl sites for hydroxylation is 1. The maximum atomic E-state index is 13.8. The van der Waals surface area contributed by atoms with Gasteiger partial charge in [-0.05, 0) is 31.0 Å². The molecule has 1 aromatic heterocycles. The second kappa shape index (κ2) is 3.59. The first-order valence-corrected chi connectivity index (χ1v) is 4.68. The Morgan fingerprint density at radius 2 is 1.94 bits per heavy atom. The summed E-state index contributed by atoms with van der Waals surface area (Å²) < 4.78 is 32.0. The molecule has 16 heavy (non-hydrogen) atoms. The molecular weight excluding hydrogens is 214 g/mol. The molecule has 0 aliphatic carbocycles. The smallest absolute Gasteiger partial charge is 0.222 e. The minimum atomic E-state index is -0.507. The summed E-state index contributed by atoms with van der Waals surface area (Å²) in [6.07, 6.45) is 0. The molecule has 0 amide bonds. The molecule has 2 aromatic rings. The average Bonchev–Trinajstić information content (AvgIpc) is 2.62. The highest BCUT2D eigenvalue weighted by Crippen LogP contribution is 2.30. The number of hydrogen-bond acceptors (Lipinski definition) is 3. The molecule has 84 valence electrons. The van der Waals surface area contributed by atoms with Crippen LogP contribution < -0.4 is 5.73 Å². The van der Waals surface area contributed by atoms with Gasteiger partial charge >= 0.3 is 0 Å². The van der Waals surface area contributed by atoms with E-state index >= 15 is 0 Å². The molecule has 2 rings (SSSR count). The van der Waals surface area contributed by atoms with Crippen molar-refractivity contribution in [2.45, 2.75) is 13.8 Å². The van der Waals surface area contributed by atoms with Crippen molar-refractivity contribution < 1.29 is 13.3 Å². The van der Waals surface area contributed by atoms with Gasteiger partial charge < -0.3 is 10.3 Å². The van der Waals surface area contributed by atoms with Crippen molar-refractivity contribution in [2.24, 2.45) is 0 Å². The molecule has 0 fully saturated rings. The van der Waals surface area contributed by atoms with Crippen LogP contribution in [0.3, 0.4) is 0 Å². The van der Waals surface area contributed by atoms with Crippen molar-refractivity contribution >= 4 is 5.88 Å². The summed E-state index contributed by atoms with van der Waals surface area (Å²) in [6.45, 7) is 2.98. The molecule has 5 heteroatoms. The van der Waals surface area contributed by atoms with Crippen molar-refractivity contribution in [3.63, 3.8) is 0 Å². The molecule has 0 unspecified atom stereocenters. The van der Waals surface area contributed by atoms with E-state index < -0.39 is 11.6 Å². The van der Waals surface area contributed by atoms with Gasteiger partial charge in [-0.1, -0.05) is 5.16 Å². The van der Waals surface area contributed by atoms with Gasteiger partial charge in [0.1, 0.15) is 17.3 Å². The third kappa shape index (κ3) is 1.54. The van der Waals surface area contributed by atoms with E-state index in [1.54, 1.807) is 0 Å². The molecule has 2 N–H and O–H groups in total. The first-order chi connectivity index (χ1) is 7.50. The molecule has 0 spiro atoms. The molecule has 0 radical (unpaired) electrons. The number of benzene rings is 1. The maximum absolute atomic E-state index is 13.8. The summed E-state index contributed by atoms with van der Waals surface area (Å²) in [5, 5.41) is 3.58. The van der Waals surface area contributed by atoms with Gasteiger partial charge in [0.2, 0.25) is 5.88 Å². The fourth-order valence-corrected chi connectivity index (χ4v) is 1.55. The van der Waals surface area contributed by atoms with Crippen LogP contribution in [-0.2, 0) is 0 Å². The molecular formula is C11H10F2N2O. The highest BCUT2D eigenvalue weighted by Gasteiger charge is 2.18. The topological polar surface area (TPSA) is 52.0 Å². The predicted octanol–water partition coefficient (Wildman–Crippen LogP) is 2.82. The van der Waals surface area contributed by atoms with E-state index in [4.69, 9.17) is 5.73 Å². The summed E-state index contributed by atoms with van der Waals surface area (Å²) in [6, 6.07) is 2.52. The zero-order valence-corrected chi connectivity index (χ0v) is 8.84. The van der Waals surface area contributed by atoms with Crippen LogP contribution in [0.2, 0.25) is 0 Å². The second-order valence-corrected chi connectivity index (χ2v) is 3.60. The van der Waals surface area contributed by atoms with Crippen LogP contribution in [0.5, 0.6) is 0 Å². The van der Waals surface area contributed by atoms with Crippen molar-refractivity contribution in [2.75, 3.05) is 5.73 Å². The van der Waals surface area contributed by atoms with Crippen LogP contribution in [0, 0.1) is 25.5 Å². The van der Waals surface area contributed by atoms with E-state index in [1.165, 1.54) is 19.9 Å². The average molecular weight is 224 g/mol. The van der Waals surface area contributed by atoms with Gasteiger partial charge in [0, 0.05) is 11.6 Å². The highest BCUT2D eigenvalue weighted by molar-refractivity contribution is 5.67. The van der Waals surface area contributed by atoms with E-state index in [-0.39, 0.29) is 28.3 Å². The first-order valence-electron chi connectivity index (χ1n) is 4.68. The molecule has 0 aliphatic heterocycles. The van der Waals surface area contributed by atoms with Crippen LogP contribution >= 0.6 is 0 Å². The minimum absolute atomic E-state index is 0.0655. The van der Waals surface area contributed by atoms with Crippen LogP contribution in [0.4, 0.5) is 14.7 Å². The third-order valence-electron chi connectivity index (χ3n) is 2.43. The van der Waals surface area contributed by atoms with Gasteiger partial charge in [-0.25, -0.2) is 8.78 Å². The fraction of sp³-hybridized carbons (Fsp3) is 0.182. The molecule has 1 heterocycles. The van der Waals surface area contributed by atoms with Crippen molar-refractivity contribution in [3.8, 4) is 11.3 Å². The molecule has 1 aromatic carbocycles. The van der Waals surface area contributed by atoms with Gasteiger partial charge in [0.15, 0.2) is 0 Å². The molecule has 0 bridgehead atoms. The van der Waals surface area contributed by atoms with Crippen molar-refractivity contribution in [1.29, 1.82) is 0 Å². The lowest BCUT2D eigenvalue weighted by Gasteiger charge is -2.07. The van der Waals surface area contributed by atoms with E-state index in [9.17, 15) is 8.78 Å². The Hall–Kier alpha value is -1.91. The lowest BCUT2D eigenvalue weighted by atomic mass is 10.0. The van der Waals surface area contributed by atoms with E-state index in [0.29, 0.717) is 0 Å². The normalized spacial score (nSPS) is 10.8. The van der Waals surface area contributed by atoms with E-state index in [2.05, 4.69) is 9.68 Å². The Labute approximate surface area is 90.9 Å². The van der Waals surface area contributed by atoms with Crippen LogP contribution in [0.1, 0.15) is 11.1 Å². The predicted molar refractivity (Wildman–Crippen MR) is 55.7 cm³/mol. The Balaban J connectivity index is 2.73. The molecule has 0 aliphatic rings. The van der Waals surface area contributed by atoms with Crippen LogP contribution in [-0.4, -0.2) is 5.16 Å². The molecule has 0 saturated heterocycles. The summed E-state index contributed by atoms with van der Waals surface area (Å²) in [5.74, 6) is -0.918. The largest absolute Gasteiger partial charge is 0.368 e.